The number of nitrogens with zero attached hydrogens (tertiary/aromatic N) is 1. The Balaban J connectivity index is 1.78. The largest absolute Gasteiger partial charge is 0.393 e. The first-order valence-electron chi connectivity index (χ1n) is 6.21. The van der Waals surface area contributed by atoms with E-state index < -0.39 is 0 Å². The van der Waals surface area contributed by atoms with Crippen molar-refractivity contribution in [2.45, 2.75) is 38.7 Å². The van der Waals surface area contributed by atoms with Gasteiger partial charge in [-0.3, -0.25) is 4.79 Å². The summed E-state index contributed by atoms with van der Waals surface area (Å²) in [4.78, 5) is 13.6. The molecule has 1 saturated heterocycles. The second kappa shape index (κ2) is 4.72. The molecule has 0 radical (unpaired) electrons. The highest BCUT2D eigenvalue weighted by atomic mass is 16.5. The Morgan fingerprint density at radius 2 is 2.12 bits per heavy atom. The smallest absolute Gasteiger partial charge is 0.248 e. The molecule has 1 aliphatic carbocycles. The molecule has 2 aliphatic rings. The predicted octanol–water partition coefficient (Wildman–Crippen LogP) is 0.786. The van der Waals surface area contributed by atoms with E-state index >= 15 is 0 Å². The van der Waals surface area contributed by atoms with Crippen molar-refractivity contribution in [3.05, 3.63) is 0 Å². The minimum absolute atomic E-state index is 0.0884. The monoisotopic (exact) mass is 227 g/mol. The van der Waals surface area contributed by atoms with Crippen LogP contribution in [0, 0.1) is 5.41 Å². The molecule has 0 aromatic rings. The average molecular weight is 227 g/mol. The van der Waals surface area contributed by atoms with Gasteiger partial charge >= 0.3 is 0 Å². The highest BCUT2D eigenvalue weighted by Crippen LogP contribution is 2.48. The van der Waals surface area contributed by atoms with E-state index in [9.17, 15) is 9.90 Å². The van der Waals surface area contributed by atoms with E-state index in [1.165, 1.54) is 0 Å². The number of carbonyl (C=O) groups is 1. The summed E-state index contributed by atoms with van der Waals surface area (Å²) in [5.41, 5.74) is 0.141. The zero-order chi connectivity index (χ0) is 11.6. The standard InChI is InChI=1S/C12H21NO3/c1-2-16-9-11(15)13-7-5-12(6-8-13)4-3-10(12)14/h10,14H,2-9H2,1H3. The van der Waals surface area contributed by atoms with Crippen molar-refractivity contribution < 1.29 is 14.6 Å². The van der Waals surface area contributed by atoms with Crippen LogP contribution in [0.1, 0.15) is 32.6 Å². The predicted molar refractivity (Wildman–Crippen MR) is 60.0 cm³/mol. The van der Waals surface area contributed by atoms with Crippen LogP contribution in [-0.4, -0.2) is 48.3 Å². The minimum Gasteiger partial charge on any atom is -0.393 e. The molecule has 1 aliphatic heterocycles. The fourth-order valence-corrected chi connectivity index (χ4v) is 2.75. The van der Waals surface area contributed by atoms with E-state index in [0.717, 1.165) is 38.8 Å². The Labute approximate surface area is 96.6 Å². The molecule has 4 nitrogen and oxygen atoms in total. The lowest BCUT2D eigenvalue weighted by atomic mass is 9.61. The molecule has 1 unspecified atom stereocenters. The first-order chi connectivity index (χ1) is 7.68. The van der Waals surface area contributed by atoms with Crippen LogP contribution in [0.5, 0.6) is 0 Å². The molecule has 1 spiro atoms. The number of aliphatic hydroxyl groups is 1. The minimum atomic E-state index is -0.128. The van der Waals surface area contributed by atoms with Gasteiger partial charge in [0.1, 0.15) is 6.61 Å². The van der Waals surface area contributed by atoms with Gasteiger partial charge in [-0.1, -0.05) is 0 Å². The molecule has 2 fully saturated rings. The quantitative estimate of drug-likeness (QED) is 0.775. The summed E-state index contributed by atoms with van der Waals surface area (Å²) in [5, 5.41) is 9.76. The van der Waals surface area contributed by atoms with Crippen LogP contribution in [0.4, 0.5) is 0 Å². The van der Waals surface area contributed by atoms with Gasteiger partial charge in [0.05, 0.1) is 6.10 Å². The van der Waals surface area contributed by atoms with Gasteiger partial charge < -0.3 is 14.7 Å². The van der Waals surface area contributed by atoms with Gasteiger partial charge in [0.25, 0.3) is 0 Å². The molecule has 1 amide bonds. The lowest BCUT2D eigenvalue weighted by Crippen LogP contribution is -2.53. The molecule has 16 heavy (non-hydrogen) atoms. The summed E-state index contributed by atoms with van der Waals surface area (Å²) < 4.78 is 5.12. The van der Waals surface area contributed by atoms with Crippen LogP contribution in [-0.2, 0) is 9.53 Å². The van der Waals surface area contributed by atoms with Gasteiger partial charge in [0.2, 0.25) is 5.91 Å². The Hall–Kier alpha value is -0.610. The second-order valence-corrected chi connectivity index (χ2v) is 4.93. The van der Waals surface area contributed by atoms with Gasteiger partial charge in [0.15, 0.2) is 0 Å². The highest BCUT2D eigenvalue weighted by Gasteiger charge is 2.47. The number of hydrogen-bond acceptors (Lipinski definition) is 3. The third kappa shape index (κ3) is 2.09. The number of hydrogen-bond donors (Lipinski definition) is 1. The molecule has 1 heterocycles. The van der Waals surface area contributed by atoms with E-state index in [1.54, 1.807) is 0 Å². The third-order valence-corrected chi connectivity index (χ3v) is 4.16. The number of piperidine rings is 1. The van der Waals surface area contributed by atoms with Gasteiger partial charge in [-0.15, -0.1) is 0 Å². The summed E-state index contributed by atoms with van der Waals surface area (Å²) >= 11 is 0. The van der Waals surface area contributed by atoms with Crippen molar-refractivity contribution in [3.63, 3.8) is 0 Å². The maximum absolute atomic E-state index is 11.7. The molecule has 1 atom stereocenters. The molecule has 92 valence electrons. The summed E-state index contributed by atoms with van der Waals surface area (Å²) in [5.74, 6) is 0.0884. The molecular formula is C12H21NO3. The van der Waals surface area contributed by atoms with Crippen LogP contribution in [0.15, 0.2) is 0 Å². The van der Waals surface area contributed by atoms with Crippen LogP contribution in [0.2, 0.25) is 0 Å². The van der Waals surface area contributed by atoms with Crippen LogP contribution >= 0.6 is 0 Å². The summed E-state index contributed by atoms with van der Waals surface area (Å²) in [6, 6.07) is 0. The summed E-state index contributed by atoms with van der Waals surface area (Å²) in [7, 11) is 0. The summed E-state index contributed by atoms with van der Waals surface area (Å²) in [6.45, 7) is 4.24. The van der Waals surface area contributed by atoms with Crippen molar-refractivity contribution in [3.8, 4) is 0 Å². The highest BCUT2D eigenvalue weighted by molar-refractivity contribution is 5.77. The fourth-order valence-electron chi connectivity index (χ4n) is 2.75. The van der Waals surface area contributed by atoms with Gasteiger partial charge in [-0.25, -0.2) is 0 Å². The molecular weight excluding hydrogens is 206 g/mol. The fraction of sp³-hybridized carbons (Fsp3) is 0.917. The second-order valence-electron chi connectivity index (χ2n) is 4.93. The lowest BCUT2D eigenvalue weighted by Gasteiger charge is -2.51. The zero-order valence-electron chi connectivity index (χ0n) is 9.95. The van der Waals surface area contributed by atoms with Gasteiger partial charge in [-0.05, 0) is 38.0 Å². The first-order valence-corrected chi connectivity index (χ1v) is 6.21. The van der Waals surface area contributed by atoms with Crippen molar-refractivity contribution in [2.24, 2.45) is 5.41 Å². The number of amides is 1. The maximum Gasteiger partial charge on any atom is 0.248 e. The molecule has 0 aromatic carbocycles. The van der Waals surface area contributed by atoms with E-state index in [1.807, 2.05) is 11.8 Å². The molecule has 0 aromatic heterocycles. The van der Waals surface area contributed by atoms with E-state index in [4.69, 9.17) is 4.74 Å². The van der Waals surface area contributed by atoms with Gasteiger partial charge in [0, 0.05) is 19.7 Å². The lowest BCUT2D eigenvalue weighted by molar-refractivity contribution is -0.145. The van der Waals surface area contributed by atoms with Crippen LogP contribution in [0.3, 0.4) is 0 Å². The van der Waals surface area contributed by atoms with Crippen molar-refractivity contribution in [1.29, 1.82) is 0 Å². The Morgan fingerprint density at radius 1 is 1.44 bits per heavy atom. The Morgan fingerprint density at radius 3 is 2.56 bits per heavy atom. The Kier molecular flexibility index (Phi) is 3.50. The van der Waals surface area contributed by atoms with E-state index in [-0.39, 0.29) is 24.0 Å². The average Bonchev–Trinajstić information content (AvgIpc) is 2.34. The molecule has 4 heteroatoms. The van der Waals surface area contributed by atoms with Gasteiger partial charge in [-0.2, -0.15) is 0 Å². The molecule has 2 rings (SSSR count). The molecule has 1 saturated carbocycles. The summed E-state index contributed by atoms with van der Waals surface area (Å²) in [6.07, 6.45) is 3.84. The maximum atomic E-state index is 11.7. The first kappa shape index (κ1) is 11.9. The van der Waals surface area contributed by atoms with Crippen molar-refractivity contribution in [2.75, 3.05) is 26.3 Å². The number of carbonyl (C=O) groups excluding carboxylic acids is 1. The SMILES string of the molecule is CCOCC(=O)N1CCC2(CCC2O)CC1. The zero-order valence-corrected chi connectivity index (χ0v) is 9.95. The van der Waals surface area contributed by atoms with Crippen LogP contribution in [0.25, 0.3) is 0 Å². The van der Waals surface area contributed by atoms with E-state index in [0.29, 0.717) is 6.61 Å². The van der Waals surface area contributed by atoms with Crippen molar-refractivity contribution in [1.82, 2.24) is 4.90 Å². The Bertz CT molecular complexity index is 259. The molecule has 1 N–H and O–H groups in total. The van der Waals surface area contributed by atoms with E-state index in [2.05, 4.69) is 0 Å². The number of ether oxygens (including phenoxy) is 1. The number of aliphatic hydroxyl groups excluding tert-OH is 1. The topological polar surface area (TPSA) is 49.8 Å². The normalized spacial score (nSPS) is 27.9. The van der Waals surface area contributed by atoms with Crippen molar-refractivity contribution >= 4 is 5.91 Å². The van der Waals surface area contributed by atoms with Crippen LogP contribution < -0.4 is 0 Å². The third-order valence-electron chi connectivity index (χ3n) is 4.16. The molecule has 0 bridgehead atoms. The number of rotatable bonds is 3. The number of likely N-dealkylation sites (tertiary alicyclic amines) is 1.